The van der Waals surface area contributed by atoms with Crippen LogP contribution in [0.25, 0.3) is 0 Å². The van der Waals surface area contributed by atoms with Gasteiger partial charge in [0.25, 0.3) is 0 Å². The first-order chi connectivity index (χ1) is 8.63. The van der Waals surface area contributed by atoms with E-state index in [9.17, 15) is 9.18 Å². The summed E-state index contributed by atoms with van der Waals surface area (Å²) in [7, 11) is 0. The standard InChI is InChI=1S/C13H19FN2OS/c1-10(17)16-11-5-6-12(14)13(9-11)15-7-3-4-8-18-2/h5-6,9,15H,3-4,7-8H2,1-2H3,(H,16,17). The minimum atomic E-state index is -0.297. The van der Waals surface area contributed by atoms with Crippen LogP contribution in [0.2, 0.25) is 0 Å². The van der Waals surface area contributed by atoms with Crippen LogP contribution in [0, 0.1) is 5.82 Å². The molecule has 1 aromatic carbocycles. The molecule has 0 aliphatic heterocycles. The van der Waals surface area contributed by atoms with E-state index in [1.54, 1.807) is 12.1 Å². The second-order valence-electron chi connectivity index (χ2n) is 4.00. The lowest BCUT2D eigenvalue weighted by molar-refractivity contribution is -0.114. The molecule has 0 aliphatic carbocycles. The van der Waals surface area contributed by atoms with Crippen LogP contribution in [0.3, 0.4) is 0 Å². The fourth-order valence-corrected chi connectivity index (χ4v) is 2.03. The molecule has 1 aromatic rings. The Morgan fingerprint density at radius 3 is 2.83 bits per heavy atom. The molecule has 100 valence electrons. The molecule has 0 aliphatic rings. The van der Waals surface area contributed by atoms with Gasteiger partial charge >= 0.3 is 0 Å². The first kappa shape index (κ1) is 14.8. The van der Waals surface area contributed by atoms with Gasteiger partial charge in [-0.3, -0.25) is 4.79 Å². The van der Waals surface area contributed by atoms with Crippen molar-refractivity contribution >= 4 is 29.0 Å². The van der Waals surface area contributed by atoms with Crippen molar-refractivity contribution in [3.63, 3.8) is 0 Å². The third-order valence-corrected chi connectivity index (χ3v) is 3.07. The third-order valence-electron chi connectivity index (χ3n) is 2.38. The largest absolute Gasteiger partial charge is 0.383 e. The van der Waals surface area contributed by atoms with Crippen molar-refractivity contribution in [2.75, 3.05) is 29.2 Å². The molecule has 0 radical (unpaired) electrons. The van der Waals surface area contributed by atoms with Gasteiger partial charge in [0.2, 0.25) is 5.91 Å². The van der Waals surface area contributed by atoms with Gasteiger partial charge in [0.1, 0.15) is 5.82 Å². The number of hydrogen-bond donors (Lipinski definition) is 2. The van der Waals surface area contributed by atoms with Crippen molar-refractivity contribution in [3.8, 4) is 0 Å². The van der Waals surface area contributed by atoms with Crippen molar-refractivity contribution in [3.05, 3.63) is 24.0 Å². The number of carbonyl (C=O) groups is 1. The van der Waals surface area contributed by atoms with Crippen molar-refractivity contribution < 1.29 is 9.18 Å². The minimum Gasteiger partial charge on any atom is -0.383 e. The summed E-state index contributed by atoms with van der Waals surface area (Å²) in [6.45, 7) is 2.17. The predicted molar refractivity (Wildman–Crippen MR) is 76.8 cm³/mol. The van der Waals surface area contributed by atoms with Gasteiger partial charge in [-0.05, 0) is 43.0 Å². The number of benzene rings is 1. The fourth-order valence-electron chi connectivity index (χ4n) is 1.54. The molecule has 0 heterocycles. The average Bonchev–Trinajstić information content (AvgIpc) is 2.32. The van der Waals surface area contributed by atoms with Gasteiger partial charge in [0, 0.05) is 19.2 Å². The first-order valence-corrected chi connectivity index (χ1v) is 7.33. The number of thioether (sulfide) groups is 1. The summed E-state index contributed by atoms with van der Waals surface area (Å²) in [6, 6.07) is 4.52. The van der Waals surface area contributed by atoms with Crippen molar-refractivity contribution in [2.45, 2.75) is 19.8 Å². The molecular weight excluding hydrogens is 251 g/mol. The van der Waals surface area contributed by atoms with Crippen LogP contribution in [-0.2, 0) is 4.79 Å². The highest BCUT2D eigenvalue weighted by atomic mass is 32.2. The van der Waals surface area contributed by atoms with Gasteiger partial charge in [-0.1, -0.05) is 0 Å². The summed E-state index contributed by atoms with van der Waals surface area (Å²) in [5.41, 5.74) is 1.04. The van der Waals surface area contributed by atoms with E-state index in [0.717, 1.165) is 25.1 Å². The summed E-state index contributed by atoms with van der Waals surface area (Å²) in [6.07, 6.45) is 4.19. The Balaban J connectivity index is 2.50. The van der Waals surface area contributed by atoms with Gasteiger partial charge < -0.3 is 10.6 Å². The number of anilines is 2. The van der Waals surface area contributed by atoms with Crippen molar-refractivity contribution in [2.24, 2.45) is 0 Å². The zero-order valence-electron chi connectivity index (χ0n) is 10.8. The number of rotatable bonds is 7. The molecule has 0 bridgehead atoms. The molecule has 2 N–H and O–H groups in total. The lowest BCUT2D eigenvalue weighted by Crippen LogP contribution is -2.08. The molecule has 3 nitrogen and oxygen atoms in total. The summed E-state index contributed by atoms with van der Waals surface area (Å²) in [5, 5.41) is 5.68. The van der Waals surface area contributed by atoms with Crippen LogP contribution in [0.4, 0.5) is 15.8 Å². The molecule has 0 saturated heterocycles. The lowest BCUT2D eigenvalue weighted by Gasteiger charge is -2.09. The van der Waals surface area contributed by atoms with Gasteiger partial charge in [-0.2, -0.15) is 11.8 Å². The Morgan fingerprint density at radius 2 is 2.17 bits per heavy atom. The summed E-state index contributed by atoms with van der Waals surface area (Å²) >= 11 is 1.81. The third kappa shape index (κ3) is 5.40. The summed E-state index contributed by atoms with van der Waals surface area (Å²) in [5.74, 6) is 0.664. The van der Waals surface area contributed by atoms with Crippen LogP contribution in [-0.4, -0.2) is 24.5 Å². The normalized spacial score (nSPS) is 10.2. The number of unbranched alkanes of at least 4 members (excludes halogenated alkanes) is 1. The first-order valence-electron chi connectivity index (χ1n) is 5.93. The van der Waals surface area contributed by atoms with Crippen LogP contribution >= 0.6 is 11.8 Å². The molecule has 5 heteroatoms. The van der Waals surface area contributed by atoms with E-state index in [0.29, 0.717) is 11.4 Å². The average molecular weight is 270 g/mol. The Morgan fingerprint density at radius 1 is 1.39 bits per heavy atom. The van der Waals surface area contributed by atoms with E-state index < -0.39 is 0 Å². The topological polar surface area (TPSA) is 41.1 Å². The van der Waals surface area contributed by atoms with Crippen LogP contribution in [0.1, 0.15) is 19.8 Å². The maximum absolute atomic E-state index is 13.5. The second kappa shape index (κ2) is 7.97. The molecule has 1 amide bonds. The van der Waals surface area contributed by atoms with Crippen molar-refractivity contribution in [1.82, 2.24) is 0 Å². The summed E-state index contributed by atoms with van der Waals surface area (Å²) in [4.78, 5) is 10.9. The Bertz CT molecular complexity index is 399. The highest BCUT2D eigenvalue weighted by Crippen LogP contribution is 2.19. The maximum atomic E-state index is 13.5. The molecule has 0 fully saturated rings. The van der Waals surface area contributed by atoms with Crippen molar-refractivity contribution in [1.29, 1.82) is 0 Å². The minimum absolute atomic E-state index is 0.160. The Hall–Kier alpha value is -1.23. The molecule has 18 heavy (non-hydrogen) atoms. The molecule has 0 saturated carbocycles. The smallest absolute Gasteiger partial charge is 0.221 e. The second-order valence-corrected chi connectivity index (χ2v) is 4.99. The maximum Gasteiger partial charge on any atom is 0.221 e. The van der Waals surface area contributed by atoms with Gasteiger partial charge in [0.15, 0.2) is 0 Å². The number of halogens is 1. The van der Waals surface area contributed by atoms with E-state index >= 15 is 0 Å². The molecule has 0 spiro atoms. The molecule has 0 atom stereocenters. The predicted octanol–water partition coefficient (Wildman–Crippen LogP) is 3.34. The molecule has 0 unspecified atom stereocenters. The van der Waals surface area contributed by atoms with Crippen LogP contribution < -0.4 is 10.6 Å². The van der Waals surface area contributed by atoms with E-state index in [2.05, 4.69) is 16.9 Å². The van der Waals surface area contributed by atoms with Crippen LogP contribution in [0.5, 0.6) is 0 Å². The quantitative estimate of drug-likeness (QED) is 0.747. The van der Waals surface area contributed by atoms with Gasteiger partial charge in [-0.15, -0.1) is 0 Å². The highest BCUT2D eigenvalue weighted by Gasteiger charge is 2.03. The van der Waals surface area contributed by atoms with E-state index in [1.807, 2.05) is 11.8 Å². The monoisotopic (exact) mass is 270 g/mol. The SMILES string of the molecule is CSCCCCNc1cc(NC(C)=O)ccc1F. The highest BCUT2D eigenvalue weighted by molar-refractivity contribution is 7.98. The van der Waals surface area contributed by atoms with E-state index in [-0.39, 0.29) is 11.7 Å². The van der Waals surface area contributed by atoms with E-state index in [4.69, 9.17) is 0 Å². The summed E-state index contributed by atoms with van der Waals surface area (Å²) < 4.78 is 13.5. The lowest BCUT2D eigenvalue weighted by atomic mass is 10.2. The number of hydrogen-bond acceptors (Lipinski definition) is 3. The van der Waals surface area contributed by atoms with E-state index in [1.165, 1.54) is 13.0 Å². The molecule has 0 aromatic heterocycles. The van der Waals surface area contributed by atoms with Gasteiger partial charge in [0.05, 0.1) is 5.69 Å². The molecular formula is C13H19FN2OS. The Labute approximate surface area is 112 Å². The molecule has 1 rings (SSSR count). The van der Waals surface area contributed by atoms with Crippen LogP contribution in [0.15, 0.2) is 18.2 Å². The Kier molecular flexibility index (Phi) is 6.57. The number of carbonyl (C=O) groups excluding carboxylic acids is 1. The zero-order valence-corrected chi connectivity index (χ0v) is 11.6. The number of nitrogens with one attached hydrogen (secondary N) is 2. The fraction of sp³-hybridized carbons (Fsp3) is 0.462. The zero-order chi connectivity index (χ0) is 13.4. The van der Waals surface area contributed by atoms with Gasteiger partial charge in [-0.25, -0.2) is 4.39 Å². The number of amides is 1.